The summed E-state index contributed by atoms with van der Waals surface area (Å²) >= 11 is 3.91. The van der Waals surface area contributed by atoms with Crippen LogP contribution in [0.3, 0.4) is 0 Å². The standard InChI is InChI=1S/C13H25NO2S.C10H13N/c1-12(2,5-7-14-11(16)9-17)10-13(3,4)6-8-15;1-11-8-4-6-9-5-2-3-7-10(9)11/h8,17H,5-7,9-10H2,1-4H3,(H,14,16);2-3,5,7H,4,6,8H2,1H3. The number of amides is 1. The van der Waals surface area contributed by atoms with Crippen LogP contribution in [0.15, 0.2) is 24.3 Å². The summed E-state index contributed by atoms with van der Waals surface area (Å²) in [5.41, 5.74) is 3.06. The number of nitrogens with zero attached hydrogens (tertiary/aromatic N) is 1. The number of para-hydroxylation sites is 1. The minimum Gasteiger partial charge on any atom is -0.374 e. The van der Waals surface area contributed by atoms with Gasteiger partial charge in [-0.3, -0.25) is 4.79 Å². The molecule has 1 N–H and O–H groups in total. The number of aryl methyl sites for hydroxylation is 1. The first kappa shape index (κ1) is 24.5. The maximum absolute atomic E-state index is 11.1. The smallest absolute Gasteiger partial charge is 0.229 e. The molecular weight excluding hydrogens is 368 g/mol. The van der Waals surface area contributed by atoms with E-state index in [9.17, 15) is 9.59 Å². The third kappa shape index (κ3) is 9.13. The molecule has 0 atom stereocenters. The maximum atomic E-state index is 11.1. The second-order valence-corrected chi connectivity index (χ2v) is 9.60. The van der Waals surface area contributed by atoms with Gasteiger partial charge in [0.2, 0.25) is 5.91 Å². The fourth-order valence-corrected chi connectivity index (χ4v) is 4.11. The molecule has 0 saturated heterocycles. The lowest BCUT2D eigenvalue weighted by Gasteiger charge is -2.34. The van der Waals surface area contributed by atoms with Crippen molar-refractivity contribution >= 4 is 30.5 Å². The Balaban J connectivity index is 0.000000302. The summed E-state index contributed by atoms with van der Waals surface area (Å²) in [6.07, 6.45) is 6.00. The van der Waals surface area contributed by atoms with Crippen LogP contribution in [0.4, 0.5) is 5.69 Å². The number of hydrogen-bond acceptors (Lipinski definition) is 4. The fourth-order valence-electron chi connectivity index (χ4n) is 4.00. The Morgan fingerprint density at radius 3 is 2.50 bits per heavy atom. The molecule has 4 nitrogen and oxygen atoms in total. The first-order chi connectivity index (χ1) is 13.1. The van der Waals surface area contributed by atoms with Crippen molar-refractivity contribution in [2.45, 2.75) is 59.8 Å². The number of thiol groups is 1. The molecule has 0 saturated carbocycles. The second-order valence-electron chi connectivity index (χ2n) is 9.29. The highest BCUT2D eigenvalue weighted by Crippen LogP contribution is 2.37. The van der Waals surface area contributed by atoms with E-state index < -0.39 is 0 Å². The minimum atomic E-state index is -0.0312. The molecule has 1 aromatic carbocycles. The molecule has 0 aromatic heterocycles. The lowest BCUT2D eigenvalue weighted by Crippen LogP contribution is -2.31. The van der Waals surface area contributed by atoms with Gasteiger partial charge in [-0.1, -0.05) is 45.9 Å². The van der Waals surface area contributed by atoms with E-state index in [2.05, 4.69) is 81.9 Å². The Kier molecular flexibility index (Phi) is 10.1. The zero-order valence-corrected chi connectivity index (χ0v) is 19.1. The molecule has 28 heavy (non-hydrogen) atoms. The average Bonchev–Trinajstić information content (AvgIpc) is 2.61. The predicted octanol–water partition coefficient (Wildman–Crippen LogP) is 4.52. The summed E-state index contributed by atoms with van der Waals surface area (Å²) in [5, 5.41) is 2.82. The summed E-state index contributed by atoms with van der Waals surface area (Å²) in [6, 6.07) is 8.66. The lowest BCUT2D eigenvalue weighted by molar-refractivity contribution is -0.118. The van der Waals surface area contributed by atoms with Crippen molar-refractivity contribution in [2.24, 2.45) is 10.8 Å². The Morgan fingerprint density at radius 1 is 1.21 bits per heavy atom. The van der Waals surface area contributed by atoms with Crippen molar-refractivity contribution in [1.82, 2.24) is 5.32 Å². The number of fused-ring (bicyclic) bond motifs is 1. The largest absolute Gasteiger partial charge is 0.374 e. The molecule has 2 rings (SSSR count). The molecule has 158 valence electrons. The maximum Gasteiger partial charge on any atom is 0.229 e. The zero-order chi connectivity index (χ0) is 21.2. The number of rotatable bonds is 8. The van der Waals surface area contributed by atoms with Gasteiger partial charge in [0.25, 0.3) is 0 Å². The monoisotopic (exact) mass is 406 g/mol. The molecule has 0 aliphatic carbocycles. The number of nitrogens with one attached hydrogen (secondary N) is 1. The van der Waals surface area contributed by atoms with E-state index in [0.29, 0.717) is 13.0 Å². The van der Waals surface area contributed by atoms with Gasteiger partial charge in [0.15, 0.2) is 0 Å². The van der Waals surface area contributed by atoms with Gasteiger partial charge in [-0.15, -0.1) is 0 Å². The van der Waals surface area contributed by atoms with E-state index in [-0.39, 0.29) is 22.5 Å². The summed E-state index contributed by atoms with van der Waals surface area (Å²) < 4.78 is 0. The highest BCUT2D eigenvalue weighted by atomic mass is 32.1. The molecular formula is C23H38N2O2S. The van der Waals surface area contributed by atoms with Crippen LogP contribution >= 0.6 is 12.6 Å². The van der Waals surface area contributed by atoms with Crippen molar-refractivity contribution in [3.63, 3.8) is 0 Å². The summed E-state index contributed by atoms with van der Waals surface area (Å²) in [6.45, 7) is 10.4. The van der Waals surface area contributed by atoms with Crippen molar-refractivity contribution in [2.75, 3.05) is 30.8 Å². The normalized spacial score (nSPS) is 13.9. The number of aldehydes is 1. The van der Waals surface area contributed by atoms with Crippen molar-refractivity contribution < 1.29 is 9.59 Å². The van der Waals surface area contributed by atoms with E-state index in [1.165, 1.54) is 30.6 Å². The van der Waals surface area contributed by atoms with E-state index in [4.69, 9.17) is 0 Å². The molecule has 0 unspecified atom stereocenters. The number of benzene rings is 1. The highest BCUT2D eigenvalue weighted by Gasteiger charge is 2.28. The van der Waals surface area contributed by atoms with Crippen LogP contribution in [0.25, 0.3) is 0 Å². The van der Waals surface area contributed by atoms with Crippen molar-refractivity contribution in [3.8, 4) is 0 Å². The Labute approximate surface area is 176 Å². The van der Waals surface area contributed by atoms with Crippen LogP contribution in [-0.2, 0) is 16.0 Å². The van der Waals surface area contributed by atoms with Gasteiger partial charge in [0, 0.05) is 32.2 Å². The molecule has 1 aliphatic heterocycles. The van der Waals surface area contributed by atoms with Crippen molar-refractivity contribution in [3.05, 3.63) is 29.8 Å². The quantitative estimate of drug-likeness (QED) is 0.493. The number of hydrogen-bond donors (Lipinski definition) is 2. The van der Waals surface area contributed by atoms with E-state index >= 15 is 0 Å². The van der Waals surface area contributed by atoms with E-state index in [1.807, 2.05) is 0 Å². The van der Waals surface area contributed by atoms with Crippen LogP contribution in [0.1, 0.15) is 58.9 Å². The van der Waals surface area contributed by atoms with E-state index in [1.54, 1.807) is 0 Å². The second kappa shape index (κ2) is 11.5. The fraction of sp³-hybridized carbons (Fsp3) is 0.652. The highest BCUT2D eigenvalue weighted by molar-refractivity contribution is 7.81. The first-order valence-electron chi connectivity index (χ1n) is 10.2. The third-order valence-electron chi connectivity index (χ3n) is 5.20. The van der Waals surface area contributed by atoms with Gasteiger partial charge in [-0.05, 0) is 48.1 Å². The molecule has 5 heteroatoms. The van der Waals surface area contributed by atoms with Gasteiger partial charge in [-0.25, -0.2) is 0 Å². The topological polar surface area (TPSA) is 49.4 Å². The SMILES string of the molecule is CC(C)(CC=O)CC(C)(C)CCNC(=O)CS.CN1CCCc2ccccc21. The van der Waals surface area contributed by atoms with Gasteiger partial charge in [-0.2, -0.15) is 12.6 Å². The minimum absolute atomic E-state index is 0.0266. The molecule has 1 aromatic rings. The molecule has 0 spiro atoms. The summed E-state index contributed by atoms with van der Waals surface area (Å²) in [5.74, 6) is 0.202. The number of carbonyl (C=O) groups is 2. The van der Waals surface area contributed by atoms with Crippen LogP contribution in [0.5, 0.6) is 0 Å². The summed E-state index contributed by atoms with van der Waals surface area (Å²) in [7, 11) is 2.16. The van der Waals surface area contributed by atoms with Gasteiger partial charge >= 0.3 is 0 Å². The number of anilines is 1. The number of carbonyl (C=O) groups excluding carboxylic acids is 2. The predicted molar refractivity (Wildman–Crippen MR) is 122 cm³/mol. The van der Waals surface area contributed by atoms with Gasteiger partial charge in [0.05, 0.1) is 5.75 Å². The molecule has 1 heterocycles. The molecule has 0 radical (unpaired) electrons. The molecule has 1 amide bonds. The Bertz CT molecular complexity index is 629. The van der Waals surface area contributed by atoms with Crippen LogP contribution in [0, 0.1) is 10.8 Å². The van der Waals surface area contributed by atoms with Crippen LogP contribution in [-0.4, -0.2) is 38.1 Å². The molecule has 0 fully saturated rings. The first-order valence-corrected chi connectivity index (χ1v) is 10.8. The Hall–Kier alpha value is -1.49. The summed E-state index contributed by atoms with van der Waals surface area (Å²) in [4.78, 5) is 24.0. The molecule has 1 aliphatic rings. The Morgan fingerprint density at radius 2 is 1.89 bits per heavy atom. The average molecular weight is 407 g/mol. The molecule has 0 bridgehead atoms. The van der Waals surface area contributed by atoms with Gasteiger partial charge in [0.1, 0.15) is 6.29 Å². The van der Waals surface area contributed by atoms with Gasteiger partial charge < -0.3 is 15.0 Å². The van der Waals surface area contributed by atoms with Crippen LogP contribution < -0.4 is 10.2 Å². The zero-order valence-electron chi connectivity index (χ0n) is 18.3. The van der Waals surface area contributed by atoms with Crippen molar-refractivity contribution in [1.29, 1.82) is 0 Å². The van der Waals surface area contributed by atoms with E-state index in [0.717, 1.165) is 19.1 Å². The van der Waals surface area contributed by atoms with Crippen LogP contribution in [0.2, 0.25) is 0 Å². The third-order valence-corrected chi connectivity index (χ3v) is 5.49. The lowest BCUT2D eigenvalue weighted by atomic mass is 9.72.